The number of piperazine rings is 1. The van der Waals surface area contributed by atoms with Crippen molar-refractivity contribution in [1.82, 2.24) is 9.80 Å². The lowest BCUT2D eigenvalue weighted by Crippen LogP contribution is -2.50. The molecule has 1 fully saturated rings. The Morgan fingerprint density at radius 1 is 0.750 bits per heavy atom. The first-order chi connectivity index (χ1) is 13.6. The summed E-state index contributed by atoms with van der Waals surface area (Å²) in [6.45, 7) is 1.84. The Kier molecular flexibility index (Phi) is 6.03. The summed E-state index contributed by atoms with van der Waals surface area (Å²) in [5.74, 6) is 1.48. The number of nitrogens with zero attached hydrogens (tertiary/aromatic N) is 2. The van der Waals surface area contributed by atoms with E-state index in [1.165, 1.54) is 0 Å². The summed E-state index contributed by atoms with van der Waals surface area (Å²) in [6.07, 6.45) is 0. The minimum absolute atomic E-state index is 0.0902. The third kappa shape index (κ3) is 4.03. The molecule has 28 heavy (non-hydrogen) atoms. The van der Waals surface area contributed by atoms with Gasteiger partial charge in [-0.05, 0) is 24.3 Å². The smallest absolute Gasteiger partial charge is 0.257 e. The number of rotatable bonds is 5. The lowest BCUT2D eigenvalue weighted by Gasteiger charge is -2.35. The van der Waals surface area contributed by atoms with E-state index in [9.17, 15) is 9.59 Å². The molecule has 0 unspecified atom stereocenters. The Balaban J connectivity index is 1.68. The van der Waals surface area contributed by atoms with E-state index in [4.69, 9.17) is 14.2 Å². The van der Waals surface area contributed by atoms with Crippen LogP contribution in [-0.2, 0) is 0 Å². The van der Waals surface area contributed by atoms with Crippen molar-refractivity contribution in [1.29, 1.82) is 0 Å². The van der Waals surface area contributed by atoms with Crippen molar-refractivity contribution in [3.05, 3.63) is 53.6 Å². The van der Waals surface area contributed by atoms with Gasteiger partial charge in [0.1, 0.15) is 17.2 Å². The molecule has 0 bridgehead atoms. The van der Waals surface area contributed by atoms with Gasteiger partial charge in [0.05, 0.1) is 26.9 Å². The highest BCUT2D eigenvalue weighted by Crippen LogP contribution is 2.24. The number of carbonyl (C=O) groups is 2. The summed E-state index contributed by atoms with van der Waals surface area (Å²) >= 11 is 0. The van der Waals surface area contributed by atoms with Crippen molar-refractivity contribution in [2.24, 2.45) is 0 Å². The lowest BCUT2D eigenvalue weighted by atomic mass is 10.1. The summed E-state index contributed by atoms with van der Waals surface area (Å²) in [4.78, 5) is 29.2. The zero-order chi connectivity index (χ0) is 20.1. The zero-order valence-corrected chi connectivity index (χ0v) is 16.3. The van der Waals surface area contributed by atoms with Crippen LogP contribution < -0.4 is 14.2 Å². The van der Waals surface area contributed by atoms with Crippen LogP contribution in [0.3, 0.4) is 0 Å². The number of benzene rings is 2. The molecule has 3 rings (SSSR count). The monoisotopic (exact) mass is 384 g/mol. The number of hydrogen-bond acceptors (Lipinski definition) is 5. The second-order valence-corrected chi connectivity index (χ2v) is 6.39. The number of amides is 2. The van der Waals surface area contributed by atoms with Gasteiger partial charge in [-0.15, -0.1) is 0 Å². The van der Waals surface area contributed by atoms with Crippen LogP contribution in [0.25, 0.3) is 0 Å². The van der Waals surface area contributed by atoms with E-state index in [-0.39, 0.29) is 11.8 Å². The first-order valence-electron chi connectivity index (χ1n) is 9.02. The van der Waals surface area contributed by atoms with Crippen LogP contribution >= 0.6 is 0 Å². The van der Waals surface area contributed by atoms with Crippen molar-refractivity contribution < 1.29 is 23.8 Å². The minimum Gasteiger partial charge on any atom is -0.497 e. The van der Waals surface area contributed by atoms with Gasteiger partial charge in [-0.25, -0.2) is 0 Å². The molecule has 1 heterocycles. The van der Waals surface area contributed by atoms with Gasteiger partial charge in [0.2, 0.25) is 0 Å². The largest absolute Gasteiger partial charge is 0.497 e. The molecule has 0 atom stereocenters. The average Bonchev–Trinajstić information content (AvgIpc) is 2.77. The molecule has 0 radical (unpaired) electrons. The van der Waals surface area contributed by atoms with Gasteiger partial charge >= 0.3 is 0 Å². The second-order valence-electron chi connectivity index (χ2n) is 6.39. The fraction of sp³-hybridized carbons (Fsp3) is 0.333. The van der Waals surface area contributed by atoms with E-state index in [2.05, 4.69) is 0 Å². The molecule has 7 nitrogen and oxygen atoms in total. The van der Waals surface area contributed by atoms with E-state index in [1.54, 1.807) is 61.5 Å². The Labute approximate surface area is 164 Å². The fourth-order valence-electron chi connectivity index (χ4n) is 3.22. The van der Waals surface area contributed by atoms with Crippen LogP contribution in [0.4, 0.5) is 0 Å². The first-order valence-corrected chi connectivity index (χ1v) is 9.02. The standard InChI is InChI=1S/C21H24N2O5/c1-26-16-12-15(13-17(14-16)27-2)20(24)22-8-10-23(11-9-22)21(25)18-6-4-5-7-19(18)28-3/h4-7,12-14H,8-11H2,1-3H3. The van der Waals surface area contributed by atoms with E-state index < -0.39 is 0 Å². The number of methoxy groups -OCH3 is 3. The van der Waals surface area contributed by atoms with Crippen LogP contribution in [0.1, 0.15) is 20.7 Å². The van der Waals surface area contributed by atoms with Gasteiger partial charge in [0.15, 0.2) is 0 Å². The fourth-order valence-corrected chi connectivity index (χ4v) is 3.22. The van der Waals surface area contributed by atoms with Crippen LogP contribution in [0, 0.1) is 0 Å². The highest BCUT2D eigenvalue weighted by Gasteiger charge is 2.27. The quantitative estimate of drug-likeness (QED) is 0.791. The number of para-hydroxylation sites is 1. The lowest BCUT2D eigenvalue weighted by molar-refractivity contribution is 0.0533. The van der Waals surface area contributed by atoms with Gasteiger partial charge in [-0.3, -0.25) is 9.59 Å². The summed E-state index contributed by atoms with van der Waals surface area (Å²) in [5.41, 5.74) is 1.03. The molecule has 7 heteroatoms. The molecule has 1 aliphatic heterocycles. The maximum Gasteiger partial charge on any atom is 0.257 e. The normalized spacial score (nSPS) is 13.8. The van der Waals surface area contributed by atoms with Crippen LogP contribution in [0.15, 0.2) is 42.5 Å². The van der Waals surface area contributed by atoms with Gasteiger partial charge in [-0.1, -0.05) is 12.1 Å². The summed E-state index contributed by atoms with van der Waals surface area (Å²) in [5, 5.41) is 0. The zero-order valence-electron chi connectivity index (χ0n) is 16.3. The predicted molar refractivity (Wildman–Crippen MR) is 104 cm³/mol. The van der Waals surface area contributed by atoms with E-state index in [0.717, 1.165) is 0 Å². The Hall–Kier alpha value is -3.22. The summed E-state index contributed by atoms with van der Waals surface area (Å²) in [7, 11) is 4.64. The predicted octanol–water partition coefficient (Wildman–Crippen LogP) is 2.31. The van der Waals surface area contributed by atoms with Gasteiger partial charge in [-0.2, -0.15) is 0 Å². The molecule has 2 aromatic carbocycles. The van der Waals surface area contributed by atoms with Crippen molar-refractivity contribution >= 4 is 11.8 Å². The maximum atomic E-state index is 12.9. The first kappa shape index (κ1) is 19.5. The molecule has 2 aromatic rings. The maximum absolute atomic E-state index is 12.9. The van der Waals surface area contributed by atoms with Gasteiger partial charge < -0.3 is 24.0 Å². The Bertz CT molecular complexity index is 837. The third-order valence-electron chi connectivity index (χ3n) is 4.79. The van der Waals surface area contributed by atoms with Gasteiger partial charge in [0.25, 0.3) is 11.8 Å². The Morgan fingerprint density at radius 3 is 1.82 bits per heavy atom. The van der Waals surface area contributed by atoms with Crippen molar-refractivity contribution in [2.75, 3.05) is 47.5 Å². The number of carbonyl (C=O) groups excluding carboxylic acids is 2. The Morgan fingerprint density at radius 2 is 1.29 bits per heavy atom. The highest BCUT2D eigenvalue weighted by molar-refractivity contribution is 5.98. The minimum atomic E-state index is -0.110. The molecular formula is C21H24N2O5. The average molecular weight is 384 g/mol. The van der Waals surface area contributed by atoms with Crippen LogP contribution in [0.2, 0.25) is 0 Å². The second kappa shape index (κ2) is 8.65. The SMILES string of the molecule is COc1cc(OC)cc(C(=O)N2CCN(C(=O)c3ccccc3OC)CC2)c1. The molecule has 0 saturated carbocycles. The van der Waals surface area contributed by atoms with Crippen molar-refractivity contribution in [3.8, 4) is 17.2 Å². The molecule has 148 valence electrons. The van der Waals surface area contributed by atoms with Gasteiger partial charge in [0, 0.05) is 37.8 Å². The van der Waals surface area contributed by atoms with Crippen molar-refractivity contribution in [3.63, 3.8) is 0 Å². The van der Waals surface area contributed by atoms with E-state index >= 15 is 0 Å². The van der Waals surface area contributed by atoms with E-state index in [1.807, 2.05) is 12.1 Å². The summed E-state index contributed by atoms with van der Waals surface area (Å²) in [6, 6.07) is 12.3. The third-order valence-corrected chi connectivity index (χ3v) is 4.79. The number of hydrogen-bond donors (Lipinski definition) is 0. The highest BCUT2D eigenvalue weighted by atomic mass is 16.5. The molecule has 2 amide bonds. The van der Waals surface area contributed by atoms with E-state index in [0.29, 0.717) is 54.6 Å². The molecule has 0 N–H and O–H groups in total. The molecule has 1 saturated heterocycles. The molecule has 0 spiro atoms. The summed E-state index contributed by atoms with van der Waals surface area (Å²) < 4.78 is 15.8. The molecule has 1 aliphatic rings. The molecule has 0 aliphatic carbocycles. The van der Waals surface area contributed by atoms with Crippen LogP contribution in [0.5, 0.6) is 17.2 Å². The molecular weight excluding hydrogens is 360 g/mol. The molecule has 0 aromatic heterocycles. The van der Waals surface area contributed by atoms with Crippen LogP contribution in [-0.4, -0.2) is 69.1 Å². The van der Waals surface area contributed by atoms with Crippen molar-refractivity contribution in [2.45, 2.75) is 0 Å². The number of ether oxygens (including phenoxy) is 3. The topological polar surface area (TPSA) is 68.3 Å².